The van der Waals surface area contributed by atoms with E-state index in [-0.39, 0.29) is 35.0 Å². The molecule has 0 spiro atoms. The van der Waals surface area contributed by atoms with E-state index in [9.17, 15) is 19.7 Å². The lowest BCUT2D eigenvalue weighted by atomic mass is 9.55. The third-order valence-corrected chi connectivity index (χ3v) is 6.75. The van der Waals surface area contributed by atoms with Crippen molar-refractivity contribution in [2.45, 2.75) is 11.8 Å². The van der Waals surface area contributed by atoms with Gasteiger partial charge in [-0.1, -0.05) is 54.6 Å². The summed E-state index contributed by atoms with van der Waals surface area (Å²) in [5, 5.41) is 11.2. The van der Waals surface area contributed by atoms with Crippen LogP contribution < -0.4 is 4.90 Å². The van der Waals surface area contributed by atoms with E-state index in [1.54, 1.807) is 6.07 Å². The fourth-order valence-corrected chi connectivity index (χ4v) is 5.68. The smallest absolute Gasteiger partial charge is 0.271 e. The highest BCUT2D eigenvalue weighted by atomic mass is 16.6. The Balaban J connectivity index is 1.54. The van der Waals surface area contributed by atoms with Crippen LogP contribution in [0.4, 0.5) is 11.4 Å². The molecule has 30 heavy (non-hydrogen) atoms. The number of benzene rings is 3. The molecule has 1 fully saturated rings. The topological polar surface area (TPSA) is 80.5 Å². The summed E-state index contributed by atoms with van der Waals surface area (Å²) < 4.78 is 0. The number of rotatable bonds is 2. The molecule has 146 valence electrons. The molecule has 0 aromatic heterocycles. The van der Waals surface area contributed by atoms with Gasteiger partial charge in [-0.2, -0.15) is 0 Å². The van der Waals surface area contributed by atoms with Crippen molar-refractivity contribution in [1.82, 2.24) is 0 Å². The van der Waals surface area contributed by atoms with E-state index in [2.05, 4.69) is 0 Å². The number of imide groups is 1. The van der Waals surface area contributed by atoms with Gasteiger partial charge in [-0.25, -0.2) is 4.90 Å². The van der Waals surface area contributed by atoms with Crippen molar-refractivity contribution in [1.29, 1.82) is 0 Å². The standard InChI is InChI=1S/C24H16N2O4/c27-23-21-19-15-8-1-2-9-16(15)20(18-11-4-3-10-17(18)19)22(21)24(28)25(23)13-6-5-7-14(12-13)26(29)30/h1-12,19-22H/t19?,20?,21-,22-/m0/s1. The van der Waals surface area contributed by atoms with Gasteiger partial charge in [-0.3, -0.25) is 19.7 Å². The Bertz CT molecular complexity index is 1150. The fraction of sp³-hybridized carbons (Fsp3) is 0.167. The molecule has 7 rings (SSSR count). The van der Waals surface area contributed by atoms with Crippen LogP contribution in [0, 0.1) is 22.0 Å². The van der Waals surface area contributed by atoms with Gasteiger partial charge < -0.3 is 0 Å². The summed E-state index contributed by atoms with van der Waals surface area (Å²) in [4.78, 5) is 39.0. The predicted octanol–water partition coefficient (Wildman–Crippen LogP) is 3.99. The van der Waals surface area contributed by atoms with Gasteiger partial charge in [0.2, 0.25) is 11.8 Å². The second kappa shape index (κ2) is 5.86. The molecule has 6 nitrogen and oxygen atoms in total. The van der Waals surface area contributed by atoms with Crippen LogP contribution in [0.2, 0.25) is 0 Å². The average molecular weight is 396 g/mol. The van der Waals surface area contributed by atoms with Crippen LogP contribution in [0.5, 0.6) is 0 Å². The van der Waals surface area contributed by atoms with Crippen molar-refractivity contribution in [3.05, 3.63) is 105 Å². The third kappa shape index (κ3) is 2.03. The largest absolute Gasteiger partial charge is 0.274 e. The van der Waals surface area contributed by atoms with E-state index >= 15 is 0 Å². The summed E-state index contributed by atoms with van der Waals surface area (Å²) in [7, 11) is 0. The number of carbonyl (C=O) groups excluding carboxylic acids is 2. The van der Waals surface area contributed by atoms with Gasteiger partial charge in [0, 0.05) is 24.0 Å². The summed E-state index contributed by atoms with van der Waals surface area (Å²) in [5.41, 5.74) is 4.53. The van der Waals surface area contributed by atoms with Crippen LogP contribution in [0.3, 0.4) is 0 Å². The van der Waals surface area contributed by atoms with Crippen molar-refractivity contribution in [3.8, 4) is 0 Å². The average Bonchev–Trinajstić information content (AvgIpc) is 3.04. The van der Waals surface area contributed by atoms with Crippen LogP contribution in [-0.4, -0.2) is 16.7 Å². The number of amides is 2. The van der Waals surface area contributed by atoms with Gasteiger partial charge in [0.15, 0.2) is 0 Å². The molecular formula is C24H16N2O4. The highest BCUT2D eigenvalue weighted by Gasteiger charge is 2.61. The number of nitro benzene ring substituents is 1. The maximum Gasteiger partial charge on any atom is 0.271 e. The van der Waals surface area contributed by atoms with Gasteiger partial charge in [0.05, 0.1) is 22.4 Å². The molecule has 1 saturated heterocycles. The zero-order chi connectivity index (χ0) is 20.6. The fourth-order valence-electron chi connectivity index (χ4n) is 5.68. The first-order valence-corrected chi connectivity index (χ1v) is 9.88. The first-order valence-electron chi connectivity index (χ1n) is 9.88. The molecule has 3 aromatic carbocycles. The zero-order valence-electron chi connectivity index (χ0n) is 15.8. The molecule has 3 aliphatic carbocycles. The van der Waals surface area contributed by atoms with Crippen molar-refractivity contribution in [2.75, 3.05) is 4.90 Å². The van der Waals surface area contributed by atoms with Gasteiger partial charge in [-0.05, 0) is 28.3 Å². The number of non-ortho nitro benzene ring substituents is 1. The Morgan fingerprint density at radius 2 is 1.17 bits per heavy atom. The predicted molar refractivity (Wildman–Crippen MR) is 109 cm³/mol. The van der Waals surface area contributed by atoms with E-state index < -0.39 is 16.8 Å². The lowest BCUT2D eigenvalue weighted by Crippen LogP contribution is -2.41. The number of anilines is 1. The number of nitrogens with zero attached hydrogens (tertiary/aromatic N) is 2. The van der Waals surface area contributed by atoms with Crippen LogP contribution >= 0.6 is 0 Å². The molecule has 6 heteroatoms. The minimum atomic E-state index is -0.517. The monoisotopic (exact) mass is 396 g/mol. The van der Waals surface area contributed by atoms with Gasteiger partial charge in [0.1, 0.15) is 0 Å². The Morgan fingerprint density at radius 1 is 0.700 bits per heavy atom. The summed E-state index contributed by atoms with van der Waals surface area (Å²) in [6.45, 7) is 0. The molecular weight excluding hydrogens is 380 g/mol. The van der Waals surface area contributed by atoms with Gasteiger partial charge in [-0.15, -0.1) is 0 Å². The van der Waals surface area contributed by atoms with E-state index in [0.717, 1.165) is 22.3 Å². The van der Waals surface area contributed by atoms with Gasteiger partial charge in [0.25, 0.3) is 5.69 Å². The first kappa shape index (κ1) is 17.1. The van der Waals surface area contributed by atoms with Crippen LogP contribution in [0.15, 0.2) is 72.8 Å². The maximum atomic E-state index is 13.6. The van der Waals surface area contributed by atoms with Crippen LogP contribution in [-0.2, 0) is 9.59 Å². The van der Waals surface area contributed by atoms with Crippen molar-refractivity contribution >= 4 is 23.2 Å². The number of hydrogen-bond acceptors (Lipinski definition) is 4. The highest BCUT2D eigenvalue weighted by Crippen LogP contribution is 2.61. The molecule has 1 aliphatic heterocycles. The zero-order valence-corrected chi connectivity index (χ0v) is 15.8. The van der Waals surface area contributed by atoms with E-state index in [1.807, 2.05) is 48.5 Å². The number of carbonyl (C=O) groups is 2. The van der Waals surface area contributed by atoms with Crippen molar-refractivity contribution in [3.63, 3.8) is 0 Å². The number of nitro groups is 1. The molecule has 3 aromatic rings. The molecule has 2 amide bonds. The third-order valence-electron chi connectivity index (χ3n) is 6.75. The second-order valence-corrected chi connectivity index (χ2v) is 8.05. The Labute approximate surface area is 171 Å². The summed E-state index contributed by atoms with van der Waals surface area (Å²) in [6.07, 6.45) is 0. The second-order valence-electron chi connectivity index (χ2n) is 8.05. The summed E-state index contributed by atoms with van der Waals surface area (Å²) in [6, 6.07) is 21.8. The minimum absolute atomic E-state index is 0.141. The summed E-state index contributed by atoms with van der Waals surface area (Å²) in [5.74, 6) is -1.91. The van der Waals surface area contributed by atoms with E-state index in [0.29, 0.717) is 0 Å². The normalized spacial score (nSPS) is 25.7. The molecule has 0 N–H and O–H groups in total. The van der Waals surface area contributed by atoms with Gasteiger partial charge >= 0.3 is 0 Å². The van der Waals surface area contributed by atoms with Crippen molar-refractivity contribution in [2.24, 2.45) is 11.8 Å². The molecule has 0 unspecified atom stereocenters. The quantitative estimate of drug-likeness (QED) is 0.373. The Morgan fingerprint density at radius 3 is 1.60 bits per heavy atom. The van der Waals surface area contributed by atoms with Crippen LogP contribution in [0.25, 0.3) is 0 Å². The maximum absolute atomic E-state index is 13.6. The van der Waals surface area contributed by atoms with Crippen molar-refractivity contribution < 1.29 is 14.5 Å². The minimum Gasteiger partial charge on any atom is -0.274 e. The lowest BCUT2D eigenvalue weighted by Gasteiger charge is -2.45. The SMILES string of the molecule is O=C1[C@H]2C3c4ccccc4C(c4ccccc43)[C@@H]2C(=O)N1c1cccc([N+](=O)[O-])c1. The molecule has 0 radical (unpaired) electrons. The highest BCUT2D eigenvalue weighted by molar-refractivity contribution is 6.23. The first-order chi connectivity index (χ1) is 14.6. The molecule has 0 saturated carbocycles. The molecule has 2 bridgehead atoms. The summed E-state index contributed by atoms with van der Waals surface area (Å²) >= 11 is 0. The molecule has 4 aliphatic rings. The number of hydrogen-bond donors (Lipinski definition) is 0. The Hall–Kier alpha value is -3.80. The van der Waals surface area contributed by atoms with Crippen LogP contribution in [0.1, 0.15) is 34.1 Å². The molecule has 2 atom stereocenters. The molecule has 1 heterocycles. The van der Waals surface area contributed by atoms with E-state index in [4.69, 9.17) is 0 Å². The Kier molecular flexibility index (Phi) is 3.34. The lowest BCUT2D eigenvalue weighted by molar-refractivity contribution is -0.384. The van der Waals surface area contributed by atoms with E-state index in [1.165, 1.54) is 23.1 Å².